The second-order valence-corrected chi connectivity index (χ2v) is 5.12. The number of nitrogens with two attached hydrogens (primary N) is 1. The number of aryl methyl sites for hydroxylation is 1. The van der Waals surface area contributed by atoms with Crippen molar-refractivity contribution in [2.24, 2.45) is 5.73 Å². The van der Waals surface area contributed by atoms with Gasteiger partial charge >= 0.3 is 0 Å². The van der Waals surface area contributed by atoms with Gasteiger partial charge in [0.25, 0.3) is 0 Å². The Morgan fingerprint density at radius 2 is 2.00 bits per heavy atom. The molecule has 16 heavy (non-hydrogen) atoms. The molecule has 0 aliphatic carbocycles. The molecule has 0 fully saturated rings. The van der Waals surface area contributed by atoms with Crippen molar-refractivity contribution in [3.8, 4) is 0 Å². The normalized spacial score (nSPS) is 10.6. The predicted molar refractivity (Wildman–Crippen MR) is 68.9 cm³/mol. The van der Waals surface area contributed by atoms with E-state index < -0.39 is 0 Å². The highest BCUT2D eigenvalue weighted by molar-refractivity contribution is 7.11. The second kappa shape index (κ2) is 5.23. The third-order valence-corrected chi connectivity index (χ3v) is 3.52. The molecular weight excluding hydrogens is 216 g/mol. The summed E-state index contributed by atoms with van der Waals surface area (Å²) in [6.07, 6.45) is 3.83. The lowest BCUT2D eigenvalue weighted by Crippen LogP contribution is -2.01. The van der Waals surface area contributed by atoms with E-state index in [0.717, 1.165) is 17.8 Å². The van der Waals surface area contributed by atoms with Crippen LogP contribution in [0.2, 0.25) is 0 Å². The Morgan fingerprint density at radius 1 is 1.25 bits per heavy atom. The lowest BCUT2D eigenvalue weighted by Gasteiger charge is -1.98. The van der Waals surface area contributed by atoms with Gasteiger partial charge in [0.15, 0.2) is 0 Å². The quantitative estimate of drug-likeness (QED) is 0.880. The zero-order valence-electron chi connectivity index (χ0n) is 9.44. The number of rotatable bonds is 4. The van der Waals surface area contributed by atoms with Crippen LogP contribution < -0.4 is 5.73 Å². The summed E-state index contributed by atoms with van der Waals surface area (Å²) >= 11 is 1.77. The van der Waals surface area contributed by atoms with E-state index in [0.29, 0.717) is 6.54 Å². The molecule has 3 heteroatoms. The number of hydrogen-bond acceptors (Lipinski definition) is 3. The fourth-order valence-electron chi connectivity index (χ4n) is 1.58. The first-order valence-corrected chi connectivity index (χ1v) is 6.29. The minimum absolute atomic E-state index is 0.678. The Balaban J connectivity index is 2.05. The molecule has 0 unspecified atom stereocenters. The highest BCUT2D eigenvalue weighted by atomic mass is 32.1. The van der Waals surface area contributed by atoms with E-state index in [1.807, 2.05) is 6.20 Å². The minimum Gasteiger partial charge on any atom is -0.330 e. The van der Waals surface area contributed by atoms with Gasteiger partial charge in [-0.3, -0.25) is 0 Å². The van der Waals surface area contributed by atoms with Crippen LogP contribution in [0.3, 0.4) is 0 Å². The van der Waals surface area contributed by atoms with Crippen molar-refractivity contribution < 1.29 is 0 Å². The van der Waals surface area contributed by atoms with Gasteiger partial charge in [0.05, 0.1) is 5.01 Å². The number of thiazole rings is 1. The van der Waals surface area contributed by atoms with Crippen LogP contribution in [0.4, 0.5) is 0 Å². The maximum atomic E-state index is 5.51. The fourth-order valence-corrected chi connectivity index (χ4v) is 2.55. The maximum Gasteiger partial charge on any atom is 0.0940 e. The second-order valence-electron chi connectivity index (χ2n) is 3.92. The van der Waals surface area contributed by atoms with Crippen molar-refractivity contribution in [2.45, 2.75) is 19.8 Å². The minimum atomic E-state index is 0.678. The van der Waals surface area contributed by atoms with Gasteiger partial charge in [-0.05, 0) is 19.0 Å². The molecular formula is C13H16N2S. The first kappa shape index (κ1) is 11.3. The molecule has 1 heterocycles. The first-order valence-electron chi connectivity index (χ1n) is 5.47. The van der Waals surface area contributed by atoms with Gasteiger partial charge in [-0.15, -0.1) is 11.3 Å². The molecule has 0 aliphatic heterocycles. The van der Waals surface area contributed by atoms with Crippen LogP contribution >= 0.6 is 11.3 Å². The Labute approximate surface area is 100 Å². The van der Waals surface area contributed by atoms with Crippen molar-refractivity contribution in [3.63, 3.8) is 0 Å². The lowest BCUT2D eigenvalue weighted by atomic mass is 10.1. The average Bonchev–Trinajstić information content (AvgIpc) is 2.70. The topological polar surface area (TPSA) is 38.9 Å². The Morgan fingerprint density at radius 3 is 2.69 bits per heavy atom. The van der Waals surface area contributed by atoms with Gasteiger partial charge in [-0.2, -0.15) is 0 Å². The van der Waals surface area contributed by atoms with Gasteiger partial charge < -0.3 is 5.73 Å². The van der Waals surface area contributed by atoms with Crippen molar-refractivity contribution in [3.05, 3.63) is 51.5 Å². The Bertz CT molecular complexity index is 445. The van der Waals surface area contributed by atoms with E-state index in [9.17, 15) is 0 Å². The first-order chi connectivity index (χ1) is 7.78. The van der Waals surface area contributed by atoms with Crippen LogP contribution in [-0.2, 0) is 12.8 Å². The number of benzene rings is 1. The SMILES string of the molecule is Cc1ccc(Cc2cnc(CCN)s2)cc1. The summed E-state index contributed by atoms with van der Waals surface area (Å²) in [6.45, 7) is 2.79. The van der Waals surface area contributed by atoms with Crippen molar-refractivity contribution >= 4 is 11.3 Å². The molecule has 0 spiro atoms. The zero-order chi connectivity index (χ0) is 11.4. The van der Waals surface area contributed by atoms with E-state index in [4.69, 9.17) is 5.73 Å². The van der Waals surface area contributed by atoms with E-state index in [1.54, 1.807) is 11.3 Å². The maximum absolute atomic E-state index is 5.51. The molecule has 2 N–H and O–H groups in total. The summed E-state index contributed by atoms with van der Waals surface area (Å²) in [5.41, 5.74) is 8.15. The molecule has 0 saturated carbocycles. The van der Waals surface area contributed by atoms with Crippen LogP contribution in [0.1, 0.15) is 21.0 Å². The highest BCUT2D eigenvalue weighted by Crippen LogP contribution is 2.17. The predicted octanol–water partition coefficient (Wildman–Crippen LogP) is 2.54. The summed E-state index contributed by atoms with van der Waals surface area (Å²) in [4.78, 5) is 5.67. The molecule has 0 radical (unpaired) electrons. The molecule has 0 atom stereocenters. The van der Waals surface area contributed by atoms with Gasteiger partial charge in [0.2, 0.25) is 0 Å². The third-order valence-electron chi connectivity index (χ3n) is 2.46. The van der Waals surface area contributed by atoms with Crippen LogP contribution in [0, 0.1) is 6.92 Å². The smallest absolute Gasteiger partial charge is 0.0940 e. The zero-order valence-corrected chi connectivity index (χ0v) is 10.3. The summed E-state index contributed by atoms with van der Waals surface area (Å²) in [5.74, 6) is 0. The van der Waals surface area contributed by atoms with Crippen LogP contribution in [-0.4, -0.2) is 11.5 Å². The van der Waals surface area contributed by atoms with Crippen LogP contribution in [0.5, 0.6) is 0 Å². The van der Waals surface area contributed by atoms with E-state index in [-0.39, 0.29) is 0 Å². The van der Waals surface area contributed by atoms with Gasteiger partial charge in [0, 0.05) is 23.9 Å². The fraction of sp³-hybridized carbons (Fsp3) is 0.308. The Hall–Kier alpha value is -1.19. The summed E-state index contributed by atoms with van der Waals surface area (Å²) < 4.78 is 0. The summed E-state index contributed by atoms with van der Waals surface area (Å²) in [6, 6.07) is 8.66. The van der Waals surface area contributed by atoms with Gasteiger partial charge in [-0.25, -0.2) is 4.98 Å². The largest absolute Gasteiger partial charge is 0.330 e. The third kappa shape index (κ3) is 2.90. The standard InChI is InChI=1S/C13H16N2S/c1-10-2-4-11(5-3-10)8-12-9-15-13(16-12)6-7-14/h2-5,9H,6-8,14H2,1H3. The van der Waals surface area contributed by atoms with Crippen molar-refractivity contribution in [1.82, 2.24) is 4.98 Å². The number of aromatic nitrogens is 1. The van der Waals surface area contributed by atoms with Crippen molar-refractivity contribution in [2.75, 3.05) is 6.54 Å². The molecule has 1 aromatic heterocycles. The van der Waals surface area contributed by atoms with Crippen LogP contribution in [0.25, 0.3) is 0 Å². The van der Waals surface area contributed by atoms with Crippen molar-refractivity contribution in [1.29, 1.82) is 0 Å². The lowest BCUT2D eigenvalue weighted by molar-refractivity contribution is 0.952. The molecule has 84 valence electrons. The van der Waals surface area contributed by atoms with Gasteiger partial charge in [-0.1, -0.05) is 29.8 Å². The average molecular weight is 232 g/mol. The Kier molecular flexibility index (Phi) is 3.70. The molecule has 2 rings (SSSR count). The molecule has 1 aromatic carbocycles. The van der Waals surface area contributed by atoms with E-state index in [2.05, 4.69) is 36.2 Å². The van der Waals surface area contributed by atoms with Gasteiger partial charge in [0.1, 0.15) is 0 Å². The van der Waals surface area contributed by atoms with E-state index in [1.165, 1.54) is 16.0 Å². The molecule has 0 aliphatic rings. The molecule has 2 nitrogen and oxygen atoms in total. The van der Waals surface area contributed by atoms with Crippen LogP contribution in [0.15, 0.2) is 30.5 Å². The summed E-state index contributed by atoms with van der Waals surface area (Å²) in [5, 5.41) is 1.14. The monoisotopic (exact) mass is 232 g/mol. The molecule has 0 bridgehead atoms. The summed E-state index contributed by atoms with van der Waals surface area (Å²) in [7, 11) is 0. The highest BCUT2D eigenvalue weighted by Gasteiger charge is 2.02. The molecule has 2 aromatic rings. The number of nitrogens with zero attached hydrogens (tertiary/aromatic N) is 1. The molecule has 0 saturated heterocycles. The van der Waals surface area contributed by atoms with E-state index >= 15 is 0 Å². The number of hydrogen-bond donors (Lipinski definition) is 1. The molecule has 0 amide bonds.